The molecule has 1 aliphatic rings. The predicted octanol–water partition coefficient (Wildman–Crippen LogP) is 2.91. The molecular formula is C15H17NO3. The maximum atomic E-state index is 11.7. The molecule has 1 aromatic carbocycles. The summed E-state index contributed by atoms with van der Waals surface area (Å²) in [6, 6.07) is 6.78. The zero-order valence-corrected chi connectivity index (χ0v) is 11.1. The van der Waals surface area contributed by atoms with Gasteiger partial charge in [-0.2, -0.15) is 0 Å². The molecular weight excluding hydrogens is 242 g/mol. The average molecular weight is 259 g/mol. The van der Waals surface area contributed by atoms with Crippen molar-refractivity contribution < 1.29 is 14.3 Å². The molecule has 1 aliphatic carbocycles. The Morgan fingerprint density at radius 2 is 2.05 bits per heavy atom. The van der Waals surface area contributed by atoms with Crippen LogP contribution in [0.1, 0.15) is 26.7 Å². The van der Waals surface area contributed by atoms with Gasteiger partial charge < -0.3 is 10.1 Å². The van der Waals surface area contributed by atoms with Gasteiger partial charge in [-0.05, 0) is 37.8 Å². The molecule has 0 atom stereocenters. The van der Waals surface area contributed by atoms with E-state index in [0.717, 1.165) is 18.4 Å². The molecule has 0 spiro atoms. The summed E-state index contributed by atoms with van der Waals surface area (Å²) < 4.78 is 5.22. The molecule has 0 aromatic heterocycles. The van der Waals surface area contributed by atoms with Gasteiger partial charge in [0.25, 0.3) is 0 Å². The minimum absolute atomic E-state index is 0.159. The standard InChI is InChI=1S/C15H17NO3/c1-10(12-6-7-12)8-15(18)19-14-5-3-4-13(9-14)16-11(2)17/h3-5,8-9,12H,6-7H2,1-2H3,(H,16,17). The van der Waals surface area contributed by atoms with Gasteiger partial charge in [-0.15, -0.1) is 0 Å². The van der Waals surface area contributed by atoms with Crippen LogP contribution >= 0.6 is 0 Å². The molecule has 100 valence electrons. The third kappa shape index (κ3) is 4.25. The molecule has 0 aliphatic heterocycles. The summed E-state index contributed by atoms with van der Waals surface area (Å²) in [4.78, 5) is 22.6. The Morgan fingerprint density at radius 1 is 1.32 bits per heavy atom. The summed E-state index contributed by atoms with van der Waals surface area (Å²) in [7, 11) is 0. The highest BCUT2D eigenvalue weighted by atomic mass is 16.5. The van der Waals surface area contributed by atoms with Gasteiger partial charge in [-0.25, -0.2) is 4.79 Å². The molecule has 0 bridgehead atoms. The number of benzene rings is 1. The van der Waals surface area contributed by atoms with Gasteiger partial charge in [0.15, 0.2) is 0 Å². The quantitative estimate of drug-likeness (QED) is 0.514. The molecule has 0 unspecified atom stereocenters. The van der Waals surface area contributed by atoms with Crippen LogP contribution in [0.3, 0.4) is 0 Å². The second-order valence-electron chi connectivity index (χ2n) is 4.79. The average Bonchev–Trinajstić information content (AvgIpc) is 3.11. The number of ether oxygens (including phenoxy) is 1. The molecule has 1 fully saturated rings. The lowest BCUT2D eigenvalue weighted by Gasteiger charge is -2.05. The number of amides is 1. The number of allylic oxidation sites excluding steroid dienone is 1. The Balaban J connectivity index is 2.00. The van der Waals surface area contributed by atoms with Crippen molar-refractivity contribution in [3.05, 3.63) is 35.9 Å². The number of nitrogens with one attached hydrogen (secondary N) is 1. The van der Waals surface area contributed by atoms with E-state index < -0.39 is 0 Å². The molecule has 1 N–H and O–H groups in total. The number of hydrogen-bond acceptors (Lipinski definition) is 3. The van der Waals surface area contributed by atoms with Crippen LogP contribution in [-0.4, -0.2) is 11.9 Å². The van der Waals surface area contributed by atoms with Crippen LogP contribution < -0.4 is 10.1 Å². The van der Waals surface area contributed by atoms with Crippen LogP contribution in [-0.2, 0) is 9.59 Å². The second kappa shape index (κ2) is 5.69. The minimum Gasteiger partial charge on any atom is -0.423 e. The molecule has 0 heterocycles. The number of hydrogen-bond donors (Lipinski definition) is 1. The van der Waals surface area contributed by atoms with E-state index in [1.807, 2.05) is 6.92 Å². The lowest BCUT2D eigenvalue weighted by molar-refractivity contribution is -0.129. The van der Waals surface area contributed by atoms with Crippen molar-refractivity contribution in [3.63, 3.8) is 0 Å². The third-order valence-corrected chi connectivity index (χ3v) is 2.94. The maximum Gasteiger partial charge on any atom is 0.336 e. The Bertz CT molecular complexity index is 530. The van der Waals surface area contributed by atoms with E-state index in [1.54, 1.807) is 30.3 Å². The van der Waals surface area contributed by atoms with E-state index >= 15 is 0 Å². The first-order chi connectivity index (χ1) is 9.04. The van der Waals surface area contributed by atoms with Gasteiger partial charge in [0.2, 0.25) is 5.91 Å². The Morgan fingerprint density at radius 3 is 2.68 bits per heavy atom. The van der Waals surface area contributed by atoms with Gasteiger partial charge >= 0.3 is 5.97 Å². The highest BCUT2D eigenvalue weighted by Crippen LogP contribution is 2.35. The smallest absolute Gasteiger partial charge is 0.336 e. The van der Waals surface area contributed by atoms with Gasteiger partial charge in [-0.3, -0.25) is 4.79 Å². The Labute approximate surface area is 112 Å². The van der Waals surface area contributed by atoms with Crippen LogP contribution in [0.4, 0.5) is 5.69 Å². The first kappa shape index (κ1) is 13.3. The van der Waals surface area contributed by atoms with E-state index in [4.69, 9.17) is 4.74 Å². The number of anilines is 1. The normalized spacial score (nSPS) is 14.9. The number of carbonyl (C=O) groups excluding carboxylic acids is 2. The lowest BCUT2D eigenvalue weighted by Crippen LogP contribution is -2.08. The monoisotopic (exact) mass is 259 g/mol. The summed E-state index contributed by atoms with van der Waals surface area (Å²) in [5.74, 6) is 0.451. The molecule has 2 rings (SSSR count). The zero-order chi connectivity index (χ0) is 13.8. The molecule has 1 aromatic rings. The van der Waals surface area contributed by atoms with Crippen molar-refractivity contribution in [3.8, 4) is 5.75 Å². The molecule has 1 amide bonds. The van der Waals surface area contributed by atoms with Crippen molar-refractivity contribution in [1.29, 1.82) is 0 Å². The van der Waals surface area contributed by atoms with E-state index in [2.05, 4.69) is 5.32 Å². The highest BCUT2D eigenvalue weighted by Gasteiger charge is 2.23. The molecule has 0 radical (unpaired) electrons. The van der Waals surface area contributed by atoms with E-state index in [1.165, 1.54) is 6.92 Å². The summed E-state index contributed by atoms with van der Waals surface area (Å²) in [6.45, 7) is 3.38. The van der Waals surface area contributed by atoms with Crippen LogP contribution in [0.5, 0.6) is 5.75 Å². The van der Waals surface area contributed by atoms with E-state index in [-0.39, 0.29) is 11.9 Å². The summed E-state index contributed by atoms with van der Waals surface area (Å²) in [5.41, 5.74) is 1.68. The van der Waals surface area contributed by atoms with Gasteiger partial charge in [0.1, 0.15) is 5.75 Å². The Kier molecular flexibility index (Phi) is 4.00. The van der Waals surface area contributed by atoms with Gasteiger partial charge in [0.05, 0.1) is 0 Å². The van der Waals surface area contributed by atoms with Crippen molar-refractivity contribution in [2.24, 2.45) is 5.92 Å². The Hall–Kier alpha value is -2.10. The number of rotatable bonds is 4. The number of esters is 1. The topological polar surface area (TPSA) is 55.4 Å². The summed E-state index contributed by atoms with van der Waals surface area (Å²) in [5, 5.41) is 2.64. The molecule has 0 saturated heterocycles. The van der Waals surface area contributed by atoms with Crippen LogP contribution in [0.15, 0.2) is 35.9 Å². The second-order valence-corrected chi connectivity index (χ2v) is 4.79. The summed E-state index contributed by atoms with van der Waals surface area (Å²) >= 11 is 0. The minimum atomic E-state index is -0.371. The lowest BCUT2D eigenvalue weighted by atomic mass is 10.2. The van der Waals surface area contributed by atoms with Crippen molar-refractivity contribution in [2.45, 2.75) is 26.7 Å². The summed E-state index contributed by atoms with van der Waals surface area (Å²) in [6.07, 6.45) is 3.87. The fourth-order valence-electron chi connectivity index (χ4n) is 1.83. The zero-order valence-electron chi connectivity index (χ0n) is 11.1. The van der Waals surface area contributed by atoms with Gasteiger partial charge in [-0.1, -0.05) is 11.6 Å². The molecule has 1 saturated carbocycles. The molecule has 4 heteroatoms. The molecule has 4 nitrogen and oxygen atoms in total. The number of carbonyl (C=O) groups is 2. The maximum absolute atomic E-state index is 11.7. The SMILES string of the molecule is CC(=O)Nc1cccc(OC(=O)C=C(C)C2CC2)c1. The van der Waals surface area contributed by atoms with Crippen molar-refractivity contribution >= 4 is 17.6 Å². The van der Waals surface area contributed by atoms with Crippen molar-refractivity contribution in [1.82, 2.24) is 0 Å². The third-order valence-electron chi connectivity index (χ3n) is 2.94. The molecule has 19 heavy (non-hydrogen) atoms. The van der Waals surface area contributed by atoms with E-state index in [0.29, 0.717) is 17.4 Å². The van der Waals surface area contributed by atoms with Crippen LogP contribution in [0.2, 0.25) is 0 Å². The first-order valence-corrected chi connectivity index (χ1v) is 6.32. The largest absolute Gasteiger partial charge is 0.423 e. The van der Waals surface area contributed by atoms with Crippen LogP contribution in [0, 0.1) is 5.92 Å². The highest BCUT2D eigenvalue weighted by molar-refractivity contribution is 5.89. The van der Waals surface area contributed by atoms with Crippen molar-refractivity contribution in [2.75, 3.05) is 5.32 Å². The predicted molar refractivity (Wildman–Crippen MR) is 72.9 cm³/mol. The first-order valence-electron chi connectivity index (χ1n) is 6.32. The fourth-order valence-corrected chi connectivity index (χ4v) is 1.83. The van der Waals surface area contributed by atoms with Gasteiger partial charge in [0, 0.05) is 24.8 Å². The van der Waals surface area contributed by atoms with Crippen LogP contribution in [0.25, 0.3) is 0 Å². The fraction of sp³-hybridized carbons (Fsp3) is 0.333. The van der Waals surface area contributed by atoms with E-state index in [9.17, 15) is 9.59 Å².